The Kier molecular flexibility index (Phi) is 7.77. The van der Waals surface area contributed by atoms with Gasteiger partial charge in [-0.05, 0) is 43.2 Å². The number of nitrogens with one attached hydrogen (secondary N) is 1. The zero-order valence-corrected chi connectivity index (χ0v) is 19.4. The van der Waals surface area contributed by atoms with Gasteiger partial charge in [0.15, 0.2) is 5.82 Å². The fraction of sp³-hybridized carbons (Fsp3) is 0.346. The highest BCUT2D eigenvalue weighted by atomic mass is 32.2. The number of hydrogen-bond acceptors (Lipinski definition) is 5. The Hall–Kier alpha value is -2.86. The fourth-order valence-corrected chi connectivity index (χ4v) is 4.84. The number of nitrogens with zero attached hydrogens (tertiary/aromatic N) is 3. The summed E-state index contributed by atoms with van der Waals surface area (Å²) >= 11 is 1.46. The average Bonchev–Trinajstić information content (AvgIpc) is 2.84. The van der Waals surface area contributed by atoms with E-state index in [0.29, 0.717) is 18.2 Å². The van der Waals surface area contributed by atoms with E-state index in [1.54, 1.807) is 12.4 Å². The summed E-state index contributed by atoms with van der Waals surface area (Å²) in [5.41, 5.74) is 3.74. The minimum atomic E-state index is 0.00810. The second-order valence-electron chi connectivity index (χ2n) is 8.36. The Balaban J connectivity index is 1.27. The quantitative estimate of drug-likeness (QED) is 0.510. The molecule has 2 heterocycles. The molecule has 32 heavy (non-hydrogen) atoms. The third-order valence-electron chi connectivity index (χ3n) is 5.88. The summed E-state index contributed by atoms with van der Waals surface area (Å²) in [6.07, 6.45) is 6.88. The van der Waals surface area contributed by atoms with E-state index in [-0.39, 0.29) is 5.91 Å². The molecular formula is C26H30N4OS. The highest BCUT2D eigenvalue weighted by Crippen LogP contribution is 2.30. The van der Waals surface area contributed by atoms with Gasteiger partial charge in [-0.15, -0.1) is 0 Å². The largest absolute Gasteiger partial charge is 0.354 e. The maximum atomic E-state index is 12.4. The fourth-order valence-electron chi connectivity index (χ4n) is 4.02. The van der Waals surface area contributed by atoms with Crippen molar-refractivity contribution in [3.63, 3.8) is 0 Å². The van der Waals surface area contributed by atoms with Crippen LogP contribution in [0.5, 0.6) is 0 Å². The van der Waals surface area contributed by atoms with Crippen LogP contribution in [-0.2, 0) is 17.8 Å². The first-order valence-corrected chi connectivity index (χ1v) is 12.2. The third kappa shape index (κ3) is 6.33. The number of rotatable bonds is 8. The van der Waals surface area contributed by atoms with Gasteiger partial charge >= 0.3 is 0 Å². The maximum Gasteiger partial charge on any atom is 0.230 e. The number of aromatic nitrogens is 2. The second kappa shape index (κ2) is 11.1. The number of carbonyl (C=O) groups is 1. The molecule has 0 atom stereocenters. The number of carbonyl (C=O) groups excluding carboxylic acids is 1. The first-order chi connectivity index (χ1) is 15.7. The van der Waals surface area contributed by atoms with Crippen LogP contribution in [0.1, 0.15) is 29.5 Å². The van der Waals surface area contributed by atoms with Crippen molar-refractivity contribution in [2.75, 3.05) is 23.7 Å². The standard InChI is InChI=1S/C26H30N4OS/c1-20-7-9-23(10-8-20)18-29-24(31)19-32-26-25(27-13-14-28-26)30-15-11-22(12-16-30)17-21-5-3-2-4-6-21/h2-10,13-14,22H,11-12,15-19H2,1H3,(H,29,31). The molecule has 1 amide bonds. The van der Waals surface area contributed by atoms with E-state index in [1.165, 1.54) is 22.9 Å². The maximum absolute atomic E-state index is 12.4. The topological polar surface area (TPSA) is 58.1 Å². The van der Waals surface area contributed by atoms with Gasteiger partial charge in [-0.3, -0.25) is 4.79 Å². The number of amides is 1. The predicted octanol–water partition coefficient (Wildman–Crippen LogP) is 4.65. The minimum Gasteiger partial charge on any atom is -0.354 e. The van der Waals surface area contributed by atoms with Crippen LogP contribution in [-0.4, -0.2) is 34.7 Å². The zero-order valence-electron chi connectivity index (χ0n) is 18.5. The first kappa shape index (κ1) is 22.3. The Morgan fingerprint density at radius 1 is 1.00 bits per heavy atom. The van der Waals surface area contributed by atoms with Crippen LogP contribution in [0.25, 0.3) is 0 Å². The first-order valence-electron chi connectivity index (χ1n) is 11.2. The van der Waals surface area contributed by atoms with E-state index in [2.05, 4.69) is 69.6 Å². The molecule has 1 saturated heterocycles. The van der Waals surface area contributed by atoms with Gasteiger partial charge in [0, 0.05) is 32.0 Å². The van der Waals surface area contributed by atoms with E-state index in [9.17, 15) is 4.79 Å². The molecule has 0 unspecified atom stereocenters. The molecule has 1 aromatic heterocycles. The third-order valence-corrected chi connectivity index (χ3v) is 6.85. The number of benzene rings is 2. The van der Waals surface area contributed by atoms with Crippen molar-refractivity contribution in [2.24, 2.45) is 5.92 Å². The molecule has 1 fully saturated rings. The van der Waals surface area contributed by atoms with Crippen molar-refractivity contribution in [1.82, 2.24) is 15.3 Å². The summed E-state index contributed by atoms with van der Waals surface area (Å²) in [7, 11) is 0. The van der Waals surface area contributed by atoms with Crippen LogP contribution in [0.3, 0.4) is 0 Å². The van der Waals surface area contributed by atoms with Gasteiger partial charge in [0.05, 0.1) is 5.75 Å². The molecule has 0 saturated carbocycles. The van der Waals surface area contributed by atoms with Gasteiger partial charge in [-0.1, -0.05) is 71.9 Å². The van der Waals surface area contributed by atoms with E-state index in [0.717, 1.165) is 48.8 Å². The van der Waals surface area contributed by atoms with E-state index in [1.807, 2.05) is 12.1 Å². The molecule has 5 nitrogen and oxygen atoms in total. The summed E-state index contributed by atoms with van der Waals surface area (Å²) < 4.78 is 0. The number of aryl methyl sites for hydroxylation is 1. The zero-order chi connectivity index (χ0) is 22.2. The lowest BCUT2D eigenvalue weighted by Gasteiger charge is -2.33. The summed E-state index contributed by atoms with van der Waals surface area (Å²) in [5.74, 6) is 1.95. The number of thioether (sulfide) groups is 1. The van der Waals surface area contributed by atoms with Crippen molar-refractivity contribution < 1.29 is 4.79 Å². The smallest absolute Gasteiger partial charge is 0.230 e. The molecule has 1 aliphatic rings. The molecule has 166 valence electrons. The average molecular weight is 447 g/mol. The van der Waals surface area contributed by atoms with Crippen LogP contribution in [0, 0.1) is 12.8 Å². The lowest BCUT2D eigenvalue weighted by Crippen LogP contribution is -2.35. The number of hydrogen-bond donors (Lipinski definition) is 1. The van der Waals surface area contributed by atoms with E-state index in [4.69, 9.17) is 0 Å². The summed E-state index contributed by atoms with van der Waals surface area (Å²) in [6, 6.07) is 18.9. The molecule has 1 N–H and O–H groups in total. The van der Waals surface area contributed by atoms with Gasteiger partial charge in [-0.25, -0.2) is 9.97 Å². The molecular weight excluding hydrogens is 416 g/mol. The molecule has 4 rings (SSSR count). The Morgan fingerprint density at radius 2 is 1.72 bits per heavy atom. The Morgan fingerprint density at radius 3 is 2.47 bits per heavy atom. The minimum absolute atomic E-state index is 0.00810. The lowest BCUT2D eigenvalue weighted by molar-refractivity contribution is -0.118. The Bertz CT molecular complexity index is 1000. The van der Waals surface area contributed by atoms with Crippen molar-refractivity contribution in [1.29, 1.82) is 0 Å². The van der Waals surface area contributed by atoms with Gasteiger partial charge in [0.25, 0.3) is 0 Å². The van der Waals surface area contributed by atoms with E-state index < -0.39 is 0 Å². The van der Waals surface area contributed by atoms with Crippen LogP contribution in [0.15, 0.2) is 72.0 Å². The van der Waals surface area contributed by atoms with Crippen molar-refractivity contribution in [2.45, 2.75) is 37.8 Å². The number of piperidine rings is 1. The monoisotopic (exact) mass is 446 g/mol. The second-order valence-corrected chi connectivity index (χ2v) is 9.32. The predicted molar refractivity (Wildman–Crippen MR) is 131 cm³/mol. The van der Waals surface area contributed by atoms with E-state index >= 15 is 0 Å². The normalized spacial score (nSPS) is 14.3. The highest BCUT2D eigenvalue weighted by Gasteiger charge is 2.23. The highest BCUT2D eigenvalue weighted by molar-refractivity contribution is 8.00. The van der Waals surface area contributed by atoms with Crippen LogP contribution in [0.4, 0.5) is 5.82 Å². The van der Waals surface area contributed by atoms with Crippen molar-refractivity contribution in [3.05, 3.63) is 83.7 Å². The molecule has 3 aromatic rings. The molecule has 0 radical (unpaired) electrons. The summed E-state index contributed by atoms with van der Waals surface area (Å²) in [4.78, 5) is 23.8. The van der Waals surface area contributed by atoms with Gasteiger partial charge < -0.3 is 10.2 Å². The van der Waals surface area contributed by atoms with Gasteiger partial charge in [0.1, 0.15) is 5.03 Å². The molecule has 2 aromatic carbocycles. The molecule has 0 spiro atoms. The number of anilines is 1. The van der Waals surface area contributed by atoms with Crippen molar-refractivity contribution in [3.8, 4) is 0 Å². The van der Waals surface area contributed by atoms with Crippen LogP contribution < -0.4 is 10.2 Å². The summed E-state index contributed by atoms with van der Waals surface area (Å²) in [6.45, 7) is 4.55. The lowest BCUT2D eigenvalue weighted by atomic mass is 9.90. The molecule has 0 aliphatic carbocycles. The van der Waals surface area contributed by atoms with Crippen LogP contribution >= 0.6 is 11.8 Å². The van der Waals surface area contributed by atoms with Gasteiger partial charge in [-0.2, -0.15) is 0 Å². The van der Waals surface area contributed by atoms with Crippen molar-refractivity contribution >= 4 is 23.5 Å². The Labute approximate surface area is 194 Å². The molecule has 1 aliphatic heterocycles. The summed E-state index contributed by atoms with van der Waals surface area (Å²) in [5, 5.41) is 3.83. The molecule has 0 bridgehead atoms. The van der Waals surface area contributed by atoms with Crippen LogP contribution in [0.2, 0.25) is 0 Å². The van der Waals surface area contributed by atoms with Gasteiger partial charge in [0.2, 0.25) is 5.91 Å². The molecule has 6 heteroatoms. The SMILES string of the molecule is Cc1ccc(CNC(=O)CSc2nccnc2N2CCC(Cc3ccccc3)CC2)cc1.